The SMILES string of the molecule is CNCC(=O)N1c2ccccc2CC1C(=O)O. The van der Waals surface area contributed by atoms with Crippen molar-refractivity contribution in [2.24, 2.45) is 0 Å². The first-order valence-corrected chi connectivity index (χ1v) is 5.42. The van der Waals surface area contributed by atoms with Gasteiger partial charge in [0.1, 0.15) is 6.04 Å². The Balaban J connectivity index is 2.37. The van der Waals surface area contributed by atoms with Gasteiger partial charge in [0.25, 0.3) is 0 Å². The van der Waals surface area contributed by atoms with E-state index in [-0.39, 0.29) is 12.5 Å². The third-order valence-electron chi connectivity index (χ3n) is 2.86. The molecule has 0 saturated carbocycles. The van der Waals surface area contributed by atoms with Crippen LogP contribution in [-0.4, -0.2) is 36.6 Å². The second kappa shape index (κ2) is 4.55. The molecule has 2 rings (SSSR count). The molecule has 0 saturated heterocycles. The maximum absolute atomic E-state index is 11.9. The summed E-state index contributed by atoms with van der Waals surface area (Å²) in [5.41, 5.74) is 1.62. The number of carbonyl (C=O) groups is 2. The van der Waals surface area contributed by atoms with Gasteiger partial charge in [-0.15, -0.1) is 0 Å². The van der Waals surface area contributed by atoms with E-state index in [1.165, 1.54) is 4.90 Å². The summed E-state index contributed by atoms with van der Waals surface area (Å²) in [6.45, 7) is 0.137. The number of fused-ring (bicyclic) bond motifs is 1. The molecule has 5 nitrogen and oxygen atoms in total. The number of carboxylic acids is 1. The van der Waals surface area contributed by atoms with E-state index in [1.54, 1.807) is 13.1 Å². The Morgan fingerprint density at radius 2 is 2.18 bits per heavy atom. The van der Waals surface area contributed by atoms with Crippen LogP contribution in [0.15, 0.2) is 24.3 Å². The Kier molecular flexibility index (Phi) is 3.10. The first kappa shape index (κ1) is 11.6. The number of amides is 1. The highest BCUT2D eigenvalue weighted by atomic mass is 16.4. The highest BCUT2D eigenvalue weighted by Gasteiger charge is 2.37. The summed E-state index contributed by atoms with van der Waals surface area (Å²) < 4.78 is 0. The quantitative estimate of drug-likeness (QED) is 0.786. The van der Waals surface area contributed by atoms with E-state index in [0.29, 0.717) is 12.1 Å². The number of para-hydroxylation sites is 1. The van der Waals surface area contributed by atoms with Crippen LogP contribution >= 0.6 is 0 Å². The molecular formula is C12H14N2O3. The summed E-state index contributed by atoms with van der Waals surface area (Å²) in [4.78, 5) is 24.5. The normalized spacial score (nSPS) is 17.9. The number of hydrogen-bond acceptors (Lipinski definition) is 3. The lowest BCUT2D eigenvalue weighted by Gasteiger charge is -2.22. The monoisotopic (exact) mass is 234 g/mol. The zero-order chi connectivity index (χ0) is 12.4. The highest BCUT2D eigenvalue weighted by Crippen LogP contribution is 2.31. The van der Waals surface area contributed by atoms with Gasteiger partial charge in [0, 0.05) is 12.1 Å². The fraction of sp³-hybridized carbons (Fsp3) is 0.333. The zero-order valence-electron chi connectivity index (χ0n) is 9.51. The molecule has 1 aromatic carbocycles. The molecule has 0 aliphatic carbocycles. The molecule has 0 radical (unpaired) electrons. The van der Waals surface area contributed by atoms with Gasteiger partial charge in [0.15, 0.2) is 0 Å². The lowest BCUT2D eigenvalue weighted by Crippen LogP contribution is -2.46. The molecule has 1 unspecified atom stereocenters. The second-order valence-electron chi connectivity index (χ2n) is 3.98. The molecule has 5 heteroatoms. The molecule has 1 heterocycles. The molecule has 0 spiro atoms. The molecule has 1 amide bonds. The van der Waals surface area contributed by atoms with Crippen LogP contribution in [0.25, 0.3) is 0 Å². The number of rotatable bonds is 3. The van der Waals surface area contributed by atoms with E-state index in [2.05, 4.69) is 5.32 Å². The van der Waals surface area contributed by atoms with Crippen molar-refractivity contribution in [3.05, 3.63) is 29.8 Å². The predicted molar refractivity (Wildman–Crippen MR) is 63.0 cm³/mol. The van der Waals surface area contributed by atoms with Crippen LogP contribution in [-0.2, 0) is 16.0 Å². The minimum Gasteiger partial charge on any atom is -0.480 e. The Morgan fingerprint density at radius 1 is 1.47 bits per heavy atom. The van der Waals surface area contributed by atoms with Crippen molar-refractivity contribution >= 4 is 17.6 Å². The van der Waals surface area contributed by atoms with Crippen molar-refractivity contribution in [2.45, 2.75) is 12.5 Å². The zero-order valence-corrected chi connectivity index (χ0v) is 9.51. The molecule has 1 aliphatic heterocycles. The maximum atomic E-state index is 11.9. The van der Waals surface area contributed by atoms with Gasteiger partial charge in [-0.3, -0.25) is 9.69 Å². The van der Waals surface area contributed by atoms with Gasteiger partial charge >= 0.3 is 5.97 Å². The second-order valence-corrected chi connectivity index (χ2v) is 3.98. The average molecular weight is 234 g/mol. The molecule has 0 aromatic heterocycles. The molecule has 90 valence electrons. The Bertz CT molecular complexity index is 459. The summed E-state index contributed by atoms with van der Waals surface area (Å²) >= 11 is 0. The minimum atomic E-state index is -0.967. The van der Waals surface area contributed by atoms with Gasteiger partial charge < -0.3 is 10.4 Å². The molecule has 0 fully saturated rings. The van der Waals surface area contributed by atoms with Gasteiger partial charge in [0.05, 0.1) is 6.54 Å². The van der Waals surface area contributed by atoms with E-state index in [1.807, 2.05) is 18.2 Å². The standard InChI is InChI=1S/C12H14N2O3/c1-13-7-11(15)14-9-5-3-2-4-8(9)6-10(14)12(16)17/h2-5,10,13H,6-7H2,1H3,(H,16,17). The number of benzene rings is 1. The van der Waals surface area contributed by atoms with Crippen LogP contribution < -0.4 is 10.2 Å². The summed E-state index contributed by atoms with van der Waals surface area (Å²) in [7, 11) is 1.66. The number of likely N-dealkylation sites (N-methyl/N-ethyl adjacent to an activating group) is 1. The van der Waals surface area contributed by atoms with E-state index in [9.17, 15) is 9.59 Å². The first-order valence-electron chi connectivity index (χ1n) is 5.42. The van der Waals surface area contributed by atoms with E-state index >= 15 is 0 Å². The molecule has 17 heavy (non-hydrogen) atoms. The first-order chi connectivity index (χ1) is 8.15. The van der Waals surface area contributed by atoms with Crippen molar-refractivity contribution in [3.8, 4) is 0 Å². The fourth-order valence-electron chi connectivity index (χ4n) is 2.13. The lowest BCUT2D eigenvalue weighted by atomic mass is 10.1. The molecule has 1 aliphatic rings. The van der Waals surface area contributed by atoms with Gasteiger partial charge in [-0.2, -0.15) is 0 Å². The van der Waals surface area contributed by atoms with Crippen molar-refractivity contribution in [1.82, 2.24) is 5.32 Å². The molecular weight excluding hydrogens is 220 g/mol. The minimum absolute atomic E-state index is 0.137. The van der Waals surface area contributed by atoms with Crippen LogP contribution in [0.5, 0.6) is 0 Å². The van der Waals surface area contributed by atoms with Gasteiger partial charge in [0.2, 0.25) is 5.91 Å². The van der Waals surface area contributed by atoms with E-state index < -0.39 is 12.0 Å². The fourth-order valence-corrected chi connectivity index (χ4v) is 2.13. The summed E-state index contributed by atoms with van der Waals surface area (Å²) in [6.07, 6.45) is 0.376. The number of anilines is 1. The Morgan fingerprint density at radius 3 is 2.82 bits per heavy atom. The third-order valence-corrected chi connectivity index (χ3v) is 2.86. The number of hydrogen-bond donors (Lipinski definition) is 2. The summed E-state index contributed by atoms with van der Waals surface area (Å²) in [6, 6.07) is 6.52. The molecule has 1 aromatic rings. The predicted octanol–water partition coefficient (Wildman–Crippen LogP) is 0.248. The summed E-state index contributed by atoms with van der Waals surface area (Å²) in [5.74, 6) is -1.18. The molecule has 0 bridgehead atoms. The van der Waals surface area contributed by atoms with Crippen LogP contribution in [0.3, 0.4) is 0 Å². The molecule has 1 atom stereocenters. The largest absolute Gasteiger partial charge is 0.480 e. The Labute approximate surface area is 99.0 Å². The Hall–Kier alpha value is -1.88. The van der Waals surface area contributed by atoms with Crippen molar-refractivity contribution in [3.63, 3.8) is 0 Å². The topological polar surface area (TPSA) is 69.6 Å². The summed E-state index contributed by atoms with van der Waals surface area (Å²) in [5, 5.41) is 11.9. The number of carboxylic acid groups (broad SMARTS) is 1. The van der Waals surface area contributed by atoms with Crippen LogP contribution in [0, 0.1) is 0 Å². The van der Waals surface area contributed by atoms with Gasteiger partial charge in [-0.25, -0.2) is 4.79 Å². The maximum Gasteiger partial charge on any atom is 0.327 e. The lowest BCUT2D eigenvalue weighted by molar-refractivity contribution is -0.139. The number of nitrogens with zero attached hydrogens (tertiary/aromatic N) is 1. The van der Waals surface area contributed by atoms with Crippen LogP contribution in [0.2, 0.25) is 0 Å². The van der Waals surface area contributed by atoms with Crippen LogP contribution in [0.4, 0.5) is 5.69 Å². The van der Waals surface area contributed by atoms with E-state index in [4.69, 9.17) is 5.11 Å². The van der Waals surface area contributed by atoms with Gasteiger partial charge in [-0.05, 0) is 18.7 Å². The smallest absolute Gasteiger partial charge is 0.327 e. The van der Waals surface area contributed by atoms with Crippen molar-refractivity contribution in [2.75, 3.05) is 18.5 Å². The van der Waals surface area contributed by atoms with Crippen molar-refractivity contribution in [1.29, 1.82) is 0 Å². The number of aliphatic carboxylic acids is 1. The van der Waals surface area contributed by atoms with Gasteiger partial charge in [-0.1, -0.05) is 18.2 Å². The molecule has 2 N–H and O–H groups in total. The van der Waals surface area contributed by atoms with E-state index in [0.717, 1.165) is 5.56 Å². The van der Waals surface area contributed by atoms with Crippen molar-refractivity contribution < 1.29 is 14.7 Å². The van der Waals surface area contributed by atoms with Crippen LogP contribution in [0.1, 0.15) is 5.56 Å². The highest BCUT2D eigenvalue weighted by molar-refractivity contribution is 6.02. The number of carbonyl (C=O) groups excluding carboxylic acids is 1. The average Bonchev–Trinajstić information content (AvgIpc) is 2.68. The third kappa shape index (κ3) is 2.01. The number of nitrogens with one attached hydrogen (secondary N) is 1.